The average molecular weight is 309 g/mol. The Bertz CT molecular complexity index is 625. The SMILES string of the molecule is O=[N+]([O-])c1cc(S(=O)(=O)O)c(O)c(O)c1COCCO. The molecule has 20 heavy (non-hydrogen) atoms. The number of ether oxygens (including phenoxy) is 1. The number of aliphatic hydroxyl groups excluding tert-OH is 1. The van der Waals surface area contributed by atoms with Crippen LogP contribution in [0.1, 0.15) is 5.56 Å². The molecule has 0 radical (unpaired) electrons. The summed E-state index contributed by atoms with van der Waals surface area (Å²) in [6, 6.07) is 0.405. The fourth-order valence-corrected chi connectivity index (χ4v) is 2.00. The number of hydrogen-bond donors (Lipinski definition) is 4. The number of phenolic OH excluding ortho intramolecular Hbond substituents is 2. The van der Waals surface area contributed by atoms with Crippen LogP contribution in [0, 0.1) is 10.1 Å². The van der Waals surface area contributed by atoms with E-state index in [0.29, 0.717) is 6.07 Å². The molecule has 0 unspecified atom stereocenters. The van der Waals surface area contributed by atoms with Crippen LogP contribution in [0.25, 0.3) is 0 Å². The fourth-order valence-electron chi connectivity index (χ4n) is 1.40. The van der Waals surface area contributed by atoms with Crippen molar-refractivity contribution in [3.63, 3.8) is 0 Å². The number of aromatic hydroxyl groups is 2. The van der Waals surface area contributed by atoms with E-state index in [1.807, 2.05) is 0 Å². The average Bonchev–Trinajstić information content (AvgIpc) is 2.32. The Balaban J connectivity index is 3.45. The molecule has 11 heteroatoms. The van der Waals surface area contributed by atoms with E-state index in [1.165, 1.54) is 0 Å². The van der Waals surface area contributed by atoms with Gasteiger partial charge in [0, 0.05) is 6.07 Å². The first-order valence-electron chi connectivity index (χ1n) is 5.08. The van der Waals surface area contributed by atoms with Crippen LogP contribution in [0.4, 0.5) is 5.69 Å². The van der Waals surface area contributed by atoms with Gasteiger partial charge in [-0.1, -0.05) is 0 Å². The molecule has 10 nitrogen and oxygen atoms in total. The number of rotatable bonds is 6. The lowest BCUT2D eigenvalue weighted by molar-refractivity contribution is -0.386. The van der Waals surface area contributed by atoms with Crippen molar-refractivity contribution in [1.82, 2.24) is 0 Å². The van der Waals surface area contributed by atoms with Crippen LogP contribution in [-0.4, -0.2) is 46.4 Å². The Morgan fingerprint density at radius 3 is 2.35 bits per heavy atom. The molecule has 112 valence electrons. The third kappa shape index (κ3) is 3.33. The van der Waals surface area contributed by atoms with E-state index in [1.54, 1.807) is 0 Å². The van der Waals surface area contributed by atoms with Gasteiger partial charge in [0.15, 0.2) is 11.5 Å². The summed E-state index contributed by atoms with van der Waals surface area (Å²) in [6.45, 7) is -1.09. The molecule has 1 rings (SSSR count). The van der Waals surface area contributed by atoms with Crippen LogP contribution in [0.2, 0.25) is 0 Å². The zero-order valence-corrected chi connectivity index (χ0v) is 10.7. The smallest absolute Gasteiger partial charge is 0.298 e. The molecule has 0 fully saturated rings. The van der Waals surface area contributed by atoms with Crippen LogP contribution in [0.5, 0.6) is 11.5 Å². The Hall–Kier alpha value is -1.95. The van der Waals surface area contributed by atoms with E-state index in [9.17, 15) is 28.7 Å². The maximum Gasteiger partial charge on any atom is 0.298 e. The third-order valence-electron chi connectivity index (χ3n) is 2.28. The van der Waals surface area contributed by atoms with Crippen molar-refractivity contribution in [1.29, 1.82) is 0 Å². The molecule has 1 aromatic rings. The first kappa shape index (κ1) is 16.1. The quantitative estimate of drug-likeness (QED) is 0.182. The van der Waals surface area contributed by atoms with Crippen molar-refractivity contribution >= 4 is 15.8 Å². The lowest BCUT2D eigenvalue weighted by atomic mass is 10.1. The molecular formula is C9H11NO9S. The molecule has 1 aromatic carbocycles. The number of nitro benzene ring substituents is 1. The highest BCUT2D eigenvalue weighted by Crippen LogP contribution is 2.41. The van der Waals surface area contributed by atoms with Crippen LogP contribution in [-0.2, 0) is 21.5 Å². The normalized spacial score (nSPS) is 11.5. The van der Waals surface area contributed by atoms with Gasteiger partial charge in [-0.25, -0.2) is 0 Å². The zero-order valence-electron chi connectivity index (χ0n) is 9.88. The van der Waals surface area contributed by atoms with Crippen LogP contribution in [0.3, 0.4) is 0 Å². The van der Waals surface area contributed by atoms with Gasteiger partial charge >= 0.3 is 0 Å². The van der Waals surface area contributed by atoms with Crippen LogP contribution >= 0.6 is 0 Å². The Morgan fingerprint density at radius 1 is 1.30 bits per heavy atom. The largest absolute Gasteiger partial charge is 0.504 e. The van der Waals surface area contributed by atoms with Crippen molar-refractivity contribution in [3.8, 4) is 11.5 Å². The molecule has 0 spiro atoms. The number of hydrogen-bond acceptors (Lipinski definition) is 8. The lowest BCUT2D eigenvalue weighted by Crippen LogP contribution is -2.06. The van der Waals surface area contributed by atoms with Gasteiger partial charge < -0.3 is 20.1 Å². The van der Waals surface area contributed by atoms with Gasteiger partial charge in [-0.05, 0) is 0 Å². The van der Waals surface area contributed by atoms with Crippen LogP contribution < -0.4 is 0 Å². The highest BCUT2D eigenvalue weighted by Gasteiger charge is 2.29. The summed E-state index contributed by atoms with van der Waals surface area (Å²) in [5.74, 6) is -2.31. The van der Waals surface area contributed by atoms with Gasteiger partial charge in [0.2, 0.25) is 0 Å². The first-order chi connectivity index (χ1) is 9.20. The van der Waals surface area contributed by atoms with Crippen molar-refractivity contribution in [2.75, 3.05) is 13.2 Å². The van der Waals surface area contributed by atoms with Gasteiger partial charge in [0.1, 0.15) is 10.5 Å². The summed E-state index contributed by atoms with van der Waals surface area (Å²) in [5, 5.41) is 38.4. The summed E-state index contributed by atoms with van der Waals surface area (Å²) in [4.78, 5) is 8.63. The second-order valence-electron chi connectivity index (χ2n) is 3.58. The maximum atomic E-state index is 10.9. The van der Waals surface area contributed by atoms with Crippen molar-refractivity contribution in [2.45, 2.75) is 11.5 Å². The minimum atomic E-state index is -4.95. The number of phenols is 2. The number of aliphatic hydroxyl groups is 1. The van der Waals surface area contributed by atoms with E-state index < -0.39 is 49.3 Å². The Kier molecular flexibility index (Phi) is 4.83. The third-order valence-corrected chi connectivity index (χ3v) is 3.14. The van der Waals surface area contributed by atoms with Gasteiger partial charge in [-0.2, -0.15) is 8.42 Å². The summed E-state index contributed by atoms with van der Waals surface area (Å²) in [7, 11) is -4.95. The van der Waals surface area contributed by atoms with Crippen molar-refractivity contribution < 1.29 is 38.0 Å². The Labute approximate surface area is 112 Å². The first-order valence-corrected chi connectivity index (χ1v) is 6.52. The van der Waals surface area contributed by atoms with Gasteiger partial charge in [-0.15, -0.1) is 0 Å². The highest BCUT2D eigenvalue weighted by molar-refractivity contribution is 7.86. The van der Waals surface area contributed by atoms with E-state index >= 15 is 0 Å². The molecule has 0 aliphatic rings. The molecule has 0 amide bonds. The number of benzene rings is 1. The predicted octanol–water partition coefficient (Wildman–Crippen LogP) is -0.238. The van der Waals surface area contributed by atoms with E-state index in [4.69, 9.17) is 14.4 Å². The monoisotopic (exact) mass is 309 g/mol. The second kappa shape index (κ2) is 6.00. The molecule has 0 saturated heterocycles. The van der Waals surface area contributed by atoms with E-state index in [-0.39, 0.29) is 13.2 Å². The highest BCUT2D eigenvalue weighted by atomic mass is 32.2. The topological polar surface area (TPSA) is 167 Å². The number of nitrogens with zero attached hydrogens (tertiary/aromatic N) is 1. The molecule has 0 aliphatic carbocycles. The number of nitro groups is 1. The van der Waals surface area contributed by atoms with Gasteiger partial charge in [0.25, 0.3) is 15.8 Å². The maximum absolute atomic E-state index is 10.9. The van der Waals surface area contributed by atoms with Crippen molar-refractivity contribution in [3.05, 3.63) is 21.7 Å². The molecule has 0 atom stereocenters. The minimum Gasteiger partial charge on any atom is -0.504 e. The summed E-state index contributed by atoms with van der Waals surface area (Å²) < 4.78 is 35.5. The lowest BCUT2D eigenvalue weighted by Gasteiger charge is -2.10. The fraction of sp³-hybridized carbons (Fsp3) is 0.333. The summed E-state index contributed by atoms with van der Waals surface area (Å²) in [5.41, 5.74) is -1.33. The predicted molar refractivity (Wildman–Crippen MR) is 63.0 cm³/mol. The molecule has 0 aliphatic heterocycles. The van der Waals surface area contributed by atoms with E-state index in [2.05, 4.69) is 0 Å². The standard InChI is InChI=1S/C9H11NO9S/c11-1-2-19-4-5-6(10(14)15)3-7(20(16,17)18)9(13)8(5)12/h3,11-13H,1-2,4H2,(H,16,17,18). The molecule has 0 aromatic heterocycles. The zero-order chi connectivity index (χ0) is 15.5. The molecular weight excluding hydrogens is 298 g/mol. The summed E-state index contributed by atoms with van der Waals surface area (Å²) >= 11 is 0. The van der Waals surface area contributed by atoms with Gasteiger partial charge in [-0.3, -0.25) is 14.7 Å². The van der Waals surface area contributed by atoms with Crippen molar-refractivity contribution in [2.24, 2.45) is 0 Å². The van der Waals surface area contributed by atoms with Crippen LogP contribution in [0.15, 0.2) is 11.0 Å². The Morgan fingerprint density at radius 2 is 1.90 bits per heavy atom. The summed E-state index contributed by atoms with van der Waals surface area (Å²) in [6.07, 6.45) is 0. The second-order valence-corrected chi connectivity index (χ2v) is 4.97. The van der Waals surface area contributed by atoms with Gasteiger partial charge in [0.05, 0.1) is 24.7 Å². The minimum absolute atomic E-state index is 0.183. The molecule has 4 N–H and O–H groups in total. The molecule has 0 saturated carbocycles. The molecule has 0 bridgehead atoms. The molecule has 0 heterocycles. The van der Waals surface area contributed by atoms with E-state index in [0.717, 1.165) is 0 Å².